The van der Waals surface area contributed by atoms with Crippen molar-refractivity contribution in [3.8, 4) is 0 Å². The molecule has 8 heteroatoms. The Kier molecular flexibility index (Phi) is 5.06. The molecule has 0 aliphatic carbocycles. The van der Waals surface area contributed by atoms with Crippen molar-refractivity contribution in [3.63, 3.8) is 0 Å². The van der Waals surface area contributed by atoms with E-state index in [4.69, 9.17) is 11.6 Å². The van der Waals surface area contributed by atoms with Crippen LogP contribution in [0.5, 0.6) is 0 Å². The van der Waals surface area contributed by atoms with Crippen molar-refractivity contribution in [3.05, 3.63) is 21.3 Å². The average Bonchev–Trinajstić information content (AvgIpc) is 2.93. The molecule has 0 unspecified atom stereocenters. The Morgan fingerprint density at radius 2 is 2.30 bits per heavy atom. The minimum absolute atomic E-state index is 0.0623. The smallest absolute Gasteiger partial charge is 0.222 e. The molecule has 5 nitrogen and oxygen atoms in total. The molecule has 2 rings (SSSR count). The van der Waals surface area contributed by atoms with Crippen LogP contribution >= 0.6 is 22.9 Å². The first kappa shape index (κ1) is 15.8. The summed E-state index contributed by atoms with van der Waals surface area (Å²) in [6.45, 7) is 1.06. The van der Waals surface area contributed by atoms with Gasteiger partial charge in [-0.3, -0.25) is 4.79 Å². The van der Waals surface area contributed by atoms with Gasteiger partial charge < -0.3 is 4.90 Å². The van der Waals surface area contributed by atoms with E-state index in [0.29, 0.717) is 32.4 Å². The summed E-state index contributed by atoms with van der Waals surface area (Å²) in [6, 6.07) is 3.59. The van der Waals surface area contributed by atoms with Gasteiger partial charge in [0, 0.05) is 30.4 Å². The van der Waals surface area contributed by atoms with Gasteiger partial charge in [0.1, 0.15) is 0 Å². The van der Waals surface area contributed by atoms with Gasteiger partial charge in [-0.15, -0.1) is 11.3 Å². The number of rotatable bonds is 5. The molecule has 0 saturated carbocycles. The molecule has 1 aromatic rings. The van der Waals surface area contributed by atoms with Crippen LogP contribution < -0.4 is 4.72 Å². The predicted molar refractivity (Wildman–Crippen MR) is 80.6 cm³/mol. The molecule has 1 fully saturated rings. The predicted octanol–water partition coefficient (Wildman–Crippen LogP) is 1.48. The van der Waals surface area contributed by atoms with E-state index < -0.39 is 10.0 Å². The minimum atomic E-state index is -3.21. The van der Waals surface area contributed by atoms with E-state index in [2.05, 4.69) is 4.72 Å². The highest BCUT2D eigenvalue weighted by molar-refractivity contribution is 7.88. The summed E-state index contributed by atoms with van der Waals surface area (Å²) < 4.78 is 25.6. The first-order valence-corrected chi connectivity index (χ1v) is 9.41. The summed E-state index contributed by atoms with van der Waals surface area (Å²) in [4.78, 5) is 14.9. The quantitative estimate of drug-likeness (QED) is 0.885. The zero-order valence-corrected chi connectivity index (χ0v) is 13.5. The minimum Gasteiger partial charge on any atom is -0.341 e. The number of nitrogens with zero attached hydrogens (tertiary/aromatic N) is 1. The van der Waals surface area contributed by atoms with Crippen molar-refractivity contribution < 1.29 is 13.2 Å². The maximum absolute atomic E-state index is 12.1. The van der Waals surface area contributed by atoms with Gasteiger partial charge in [-0.25, -0.2) is 13.1 Å². The third-order valence-electron chi connectivity index (χ3n) is 3.14. The van der Waals surface area contributed by atoms with Crippen molar-refractivity contribution in [2.75, 3.05) is 19.3 Å². The number of carbonyl (C=O) groups is 1. The Bertz CT molecular complexity index is 585. The van der Waals surface area contributed by atoms with Gasteiger partial charge in [0.25, 0.3) is 0 Å². The Balaban J connectivity index is 1.79. The molecule has 1 atom stereocenters. The van der Waals surface area contributed by atoms with Gasteiger partial charge in [0.2, 0.25) is 15.9 Å². The Labute approximate surface area is 128 Å². The fraction of sp³-hybridized carbons (Fsp3) is 0.583. The number of sulfonamides is 1. The van der Waals surface area contributed by atoms with Gasteiger partial charge in [-0.05, 0) is 25.0 Å². The first-order chi connectivity index (χ1) is 9.33. The van der Waals surface area contributed by atoms with Gasteiger partial charge in [-0.2, -0.15) is 0 Å². The number of nitrogens with one attached hydrogen (secondary N) is 1. The van der Waals surface area contributed by atoms with Crippen molar-refractivity contribution in [1.29, 1.82) is 0 Å². The molecule has 0 aromatic carbocycles. The molecule has 1 amide bonds. The second-order valence-corrected chi connectivity index (χ2v) is 8.50. The molecule has 1 aromatic heterocycles. The van der Waals surface area contributed by atoms with Crippen LogP contribution in [0, 0.1) is 0 Å². The van der Waals surface area contributed by atoms with Gasteiger partial charge >= 0.3 is 0 Å². The molecular weight excluding hydrogens is 320 g/mol. The number of likely N-dealkylation sites (tertiary alicyclic amines) is 1. The van der Waals surface area contributed by atoms with Crippen LogP contribution in [0.1, 0.15) is 17.7 Å². The number of hydrogen-bond acceptors (Lipinski definition) is 4. The Morgan fingerprint density at radius 1 is 1.55 bits per heavy atom. The van der Waals surface area contributed by atoms with E-state index in [0.717, 1.165) is 15.5 Å². The van der Waals surface area contributed by atoms with E-state index in [1.54, 1.807) is 4.90 Å². The lowest BCUT2D eigenvalue weighted by Gasteiger charge is -2.16. The van der Waals surface area contributed by atoms with Crippen LogP contribution in [0.25, 0.3) is 0 Å². The van der Waals surface area contributed by atoms with Crippen LogP contribution in [0.4, 0.5) is 0 Å². The largest absolute Gasteiger partial charge is 0.341 e. The van der Waals surface area contributed by atoms with Gasteiger partial charge in [0.05, 0.1) is 10.6 Å². The van der Waals surface area contributed by atoms with Crippen molar-refractivity contribution >= 4 is 38.9 Å². The van der Waals surface area contributed by atoms with Crippen LogP contribution in [0.2, 0.25) is 4.34 Å². The maximum Gasteiger partial charge on any atom is 0.222 e. The maximum atomic E-state index is 12.1. The molecule has 20 heavy (non-hydrogen) atoms. The van der Waals surface area contributed by atoms with Crippen molar-refractivity contribution in [2.24, 2.45) is 0 Å². The topological polar surface area (TPSA) is 66.5 Å². The summed E-state index contributed by atoms with van der Waals surface area (Å²) in [6.07, 6.45) is 2.92. The van der Waals surface area contributed by atoms with E-state index >= 15 is 0 Å². The highest BCUT2D eigenvalue weighted by Crippen LogP contribution is 2.23. The summed E-state index contributed by atoms with van der Waals surface area (Å²) in [5.74, 6) is 0.0623. The highest BCUT2D eigenvalue weighted by Gasteiger charge is 2.27. The third kappa shape index (κ3) is 4.73. The summed E-state index contributed by atoms with van der Waals surface area (Å²) in [7, 11) is -3.21. The second-order valence-electron chi connectivity index (χ2n) is 4.92. The molecule has 0 bridgehead atoms. The lowest BCUT2D eigenvalue weighted by molar-refractivity contribution is -0.130. The fourth-order valence-corrected chi connectivity index (χ4v) is 4.15. The van der Waals surface area contributed by atoms with Crippen LogP contribution in [-0.2, 0) is 21.2 Å². The van der Waals surface area contributed by atoms with E-state index in [1.165, 1.54) is 11.3 Å². The SMILES string of the molecule is CS(=O)(=O)N[C@@H]1CCN(C(=O)CCc2ccc(Cl)s2)C1. The normalized spacial score (nSPS) is 19.5. The van der Waals surface area contributed by atoms with Crippen molar-refractivity contribution in [2.45, 2.75) is 25.3 Å². The molecule has 2 heterocycles. The Morgan fingerprint density at radius 3 is 2.90 bits per heavy atom. The lowest BCUT2D eigenvalue weighted by Crippen LogP contribution is -2.37. The van der Waals surface area contributed by atoms with E-state index in [-0.39, 0.29) is 11.9 Å². The Hall–Kier alpha value is -0.630. The van der Waals surface area contributed by atoms with Crippen LogP contribution in [0.3, 0.4) is 0 Å². The molecule has 112 valence electrons. The summed E-state index contributed by atoms with van der Waals surface area (Å²) in [5, 5.41) is 0. The molecule has 1 aliphatic rings. The number of carbonyl (C=O) groups excluding carboxylic acids is 1. The highest BCUT2D eigenvalue weighted by atomic mass is 35.5. The zero-order chi connectivity index (χ0) is 14.8. The molecule has 0 radical (unpaired) electrons. The van der Waals surface area contributed by atoms with Crippen molar-refractivity contribution in [1.82, 2.24) is 9.62 Å². The number of hydrogen-bond donors (Lipinski definition) is 1. The molecule has 1 saturated heterocycles. The molecule has 1 aliphatic heterocycles. The molecule has 0 spiro atoms. The van der Waals surface area contributed by atoms with Gasteiger partial charge in [0.15, 0.2) is 0 Å². The van der Waals surface area contributed by atoms with Crippen LogP contribution in [0.15, 0.2) is 12.1 Å². The standard InChI is InChI=1S/C12H17ClN2O3S2/c1-20(17,18)14-9-6-7-15(8-9)12(16)5-3-10-2-4-11(13)19-10/h2,4,9,14H,3,5-8H2,1H3/t9-/m1/s1. The summed E-state index contributed by atoms with van der Waals surface area (Å²) >= 11 is 7.33. The second kappa shape index (κ2) is 6.43. The fourth-order valence-electron chi connectivity index (χ4n) is 2.26. The average molecular weight is 337 g/mol. The van der Waals surface area contributed by atoms with E-state index in [9.17, 15) is 13.2 Å². The van der Waals surface area contributed by atoms with Crippen LogP contribution in [-0.4, -0.2) is 44.6 Å². The van der Waals surface area contributed by atoms with Gasteiger partial charge in [-0.1, -0.05) is 11.6 Å². The number of aryl methyl sites for hydroxylation is 1. The lowest BCUT2D eigenvalue weighted by atomic mass is 10.2. The number of thiophene rings is 1. The summed E-state index contributed by atoms with van der Waals surface area (Å²) in [5.41, 5.74) is 0. The molecular formula is C12H17ClN2O3S2. The third-order valence-corrected chi connectivity index (χ3v) is 5.19. The zero-order valence-electron chi connectivity index (χ0n) is 11.1. The monoisotopic (exact) mass is 336 g/mol. The number of halogens is 1. The number of amides is 1. The van der Waals surface area contributed by atoms with E-state index in [1.807, 2.05) is 12.1 Å². The first-order valence-electron chi connectivity index (χ1n) is 6.33. The molecule has 1 N–H and O–H groups in total.